The molecule has 0 aliphatic carbocycles. The van der Waals surface area contributed by atoms with Gasteiger partial charge in [-0.25, -0.2) is 4.98 Å². The first-order valence-corrected chi connectivity index (χ1v) is 10.2. The average molecular weight is 403 g/mol. The van der Waals surface area contributed by atoms with Gasteiger partial charge in [0.1, 0.15) is 18.2 Å². The number of aryl methyl sites for hydroxylation is 1. The van der Waals surface area contributed by atoms with E-state index in [2.05, 4.69) is 35.8 Å². The highest BCUT2D eigenvalue weighted by atomic mass is 35.5. The average Bonchev–Trinajstić information content (AvgIpc) is 3.11. The Kier molecular flexibility index (Phi) is 5.97. The van der Waals surface area contributed by atoms with Crippen LogP contribution in [-0.2, 0) is 13.0 Å². The molecule has 0 saturated heterocycles. The molecule has 4 rings (SSSR count). The SMILES string of the molecule is CCc1ccc(OCCn2c(/C=C/c3ccc(Cl)cc3)nc3ccccc32)cc1. The standard InChI is InChI=1S/C25H23ClN2O/c1-2-19-9-14-22(15-10-19)29-18-17-28-24-6-4-3-5-23(24)27-25(28)16-11-20-7-12-21(26)13-8-20/h3-16H,2,17-18H2,1H3/b16-11+. The highest BCUT2D eigenvalue weighted by molar-refractivity contribution is 6.30. The molecule has 1 heterocycles. The van der Waals surface area contributed by atoms with E-state index in [-0.39, 0.29) is 0 Å². The molecule has 4 heteroatoms. The Balaban J connectivity index is 1.53. The lowest BCUT2D eigenvalue weighted by molar-refractivity contribution is 0.299. The topological polar surface area (TPSA) is 27.1 Å². The van der Waals surface area contributed by atoms with Crippen molar-refractivity contribution in [2.24, 2.45) is 0 Å². The summed E-state index contributed by atoms with van der Waals surface area (Å²) in [5.74, 6) is 1.80. The molecule has 0 fully saturated rings. The first kappa shape index (κ1) is 19.3. The summed E-state index contributed by atoms with van der Waals surface area (Å²) in [5, 5.41) is 0.735. The fraction of sp³-hybridized carbons (Fsp3) is 0.160. The zero-order chi connectivity index (χ0) is 20.1. The minimum Gasteiger partial charge on any atom is -0.492 e. The van der Waals surface area contributed by atoms with E-state index in [1.807, 2.05) is 60.7 Å². The summed E-state index contributed by atoms with van der Waals surface area (Å²) in [4.78, 5) is 4.79. The van der Waals surface area contributed by atoms with E-state index in [0.717, 1.165) is 46.2 Å². The number of para-hydroxylation sites is 2. The molecule has 0 radical (unpaired) electrons. The van der Waals surface area contributed by atoms with E-state index in [1.54, 1.807) is 0 Å². The molecule has 0 aliphatic heterocycles. The maximum Gasteiger partial charge on any atom is 0.133 e. The number of hydrogen-bond donors (Lipinski definition) is 0. The Morgan fingerprint density at radius 2 is 1.69 bits per heavy atom. The Hall–Kier alpha value is -3.04. The third-order valence-corrected chi connectivity index (χ3v) is 5.15. The highest BCUT2D eigenvalue weighted by Gasteiger charge is 2.08. The van der Waals surface area contributed by atoms with Crippen LogP contribution in [0.1, 0.15) is 23.9 Å². The Morgan fingerprint density at radius 1 is 0.931 bits per heavy atom. The fourth-order valence-electron chi connectivity index (χ4n) is 3.28. The molecule has 3 nitrogen and oxygen atoms in total. The van der Waals surface area contributed by atoms with E-state index in [4.69, 9.17) is 21.3 Å². The second kappa shape index (κ2) is 8.97. The van der Waals surface area contributed by atoms with Crippen LogP contribution in [0.3, 0.4) is 0 Å². The van der Waals surface area contributed by atoms with Crippen LogP contribution in [0.2, 0.25) is 5.02 Å². The van der Waals surface area contributed by atoms with Crippen LogP contribution in [0.4, 0.5) is 0 Å². The smallest absolute Gasteiger partial charge is 0.133 e. The largest absolute Gasteiger partial charge is 0.492 e. The number of rotatable bonds is 7. The minimum absolute atomic E-state index is 0.577. The van der Waals surface area contributed by atoms with Gasteiger partial charge in [-0.05, 0) is 60.0 Å². The van der Waals surface area contributed by atoms with E-state index in [0.29, 0.717) is 6.61 Å². The highest BCUT2D eigenvalue weighted by Crippen LogP contribution is 2.19. The van der Waals surface area contributed by atoms with Gasteiger partial charge in [0.05, 0.1) is 17.6 Å². The number of hydrogen-bond acceptors (Lipinski definition) is 2. The maximum atomic E-state index is 5.98. The minimum atomic E-state index is 0.577. The molecule has 29 heavy (non-hydrogen) atoms. The lowest BCUT2D eigenvalue weighted by Crippen LogP contribution is -2.09. The Bertz CT molecular complexity index is 1110. The van der Waals surface area contributed by atoms with Crippen LogP contribution in [0.25, 0.3) is 23.2 Å². The predicted octanol–water partition coefficient (Wildman–Crippen LogP) is 6.50. The van der Waals surface area contributed by atoms with Crippen molar-refractivity contribution in [3.63, 3.8) is 0 Å². The van der Waals surface area contributed by atoms with Gasteiger partial charge in [-0.15, -0.1) is 0 Å². The zero-order valence-electron chi connectivity index (χ0n) is 16.4. The zero-order valence-corrected chi connectivity index (χ0v) is 17.1. The van der Waals surface area contributed by atoms with Crippen molar-refractivity contribution in [2.75, 3.05) is 6.61 Å². The monoisotopic (exact) mass is 402 g/mol. The van der Waals surface area contributed by atoms with Crippen molar-refractivity contribution in [1.29, 1.82) is 0 Å². The number of halogens is 1. The van der Waals surface area contributed by atoms with Crippen LogP contribution in [-0.4, -0.2) is 16.2 Å². The van der Waals surface area contributed by atoms with Crippen molar-refractivity contribution in [1.82, 2.24) is 9.55 Å². The molecule has 146 valence electrons. The summed E-state index contributed by atoms with van der Waals surface area (Å²) < 4.78 is 8.17. The van der Waals surface area contributed by atoms with Crippen molar-refractivity contribution in [3.8, 4) is 5.75 Å². The second-order valence-electron chi connectivity index (χ2n) is 6.84. The van der Waals surface area contributed by atoms with E-state index in [1.165, 1.54) is 5.56 Å². The van der Waals surface area contributed by atoms with Gasteiger partial charge in [0, 0.05) is 5.02 Å². The molecular formula is C25H23ClN2O. The van der Waals surface area contributed by atoms with Gasteiger partial charge in [-0.3, -0.25) is 0 Å². The van der Waals surface area contributed by atoms with Crippen LogP contribution < -0.4 is 4.74 Å². The first-order chi connectivity index (χ1) is 14.2. The van der Waals surface area contributed by atoms with Gasteiger partial charge in [0.15, 0.2) is 0 Å². The number of imidazole rings is 1. The summed E-state index contributed by atoms with van der Waals surface area (Å²) in [6, 6.07) is 24.2. The third kappa shape index (κ3) is 4.69. The molecule has 0 atom stereocenters. The van der Waals surface area contributed by atoms with Crippen LogP contribution in [0.5, 0.6) is 5.75 Å². The van der Waals surface area contributed by atoms with Crippen molar-refractivity contribution < 1.29 is 4.74 Å². The molecular weight excluding hydrogens is 380 g/mol. The summed E-state index contributed by atoms with van der Waals surface area (Å²) in [6.07, 6.45) is 5.13. The first-order valence-electron chi connectivity index (χ1n) is 9.83. The van der Waals surface area contributed by atoms with Crippen LogP contribution in [0, 0.1) is 0 Å². The van der Waals surface area contributed by atoms with E-state index < -0.39 is 0 Å². The predicted molar refractivity (Wildman–Crippen MR) is 121 cm³/mol. The molecule has 0 bridgehead atoms. The number of ether oxygens (including phenoxy) is 1. The molecule has 0 aliphatic rings. The van der Waals surface area contributed by atoms with Gasteiger partial charge < -0.3 is 9.30 Å². The third-order valence-electron chi connectivity index (χ3n) is 4.89. The molecule has 4 aromatic rings. The van der Waals surface area contributed by atoms with Crippen LogP contribution in [0.15, 0.2) is 72.8 Å². The van der Waals surface area contributed by atoms with Gasteiger partial charge in [-0.2, -0.15) is 0 Å². The molecule has 0 unspecified atom stereocenters. The van der Waals surface area contributed by atoms with Crippen molar-refractivity contribution in [3.05, 3.63) is 94.8 Å². The number of aromatic nitrogens is 2. The summed E-state index contributed by atoms with van der Waals surface area (Å²) in [6.45, 7) is 3.45. The fourth-order valence-corrected chi connectivity index (χ4v) is 3.40. The molecule has 3 aromatic carbocycles. The lowest BCUT2D eigenvalue weighted by Gasteiger charge is -2.10. The van der Waals surface area contributed by atoms with Gasteiger partial charge in [-0.1, -0.05) is 61.0 Å². The van der Waals surface area contributed by atoms with Crippen LogP contribution >= 0.6 is 11.6 Å². The maximum absolute atomic E-state index is 5.98. The molecule has 0 N–H and O–H groups in total. The quantitative estimate of drug-likeness (QED) is 0.352. The normalized spacial score (nSPS) is 11.4. The Labute approximate surface area is 176 Å². The molecule has 1 aromatic heterocycles. The summed E-state index contributed by atoms with van der Waals surface area (Å²) in [5.41, 5.74) is 4.48. The number of fused-ring (bicyclic) bond motifs is 1. The Morgan fingerprint density at radius 3 is 2.45 bits per heavy atom. The molecule has 0 saturated carbocycles. The van der Waals surface area contributed by atoms with E-state index >= 15 is 0 Å². The van der Waals surface area contributed by atoms with Crippen molar-refractivity contribution in [2.45, 2.75) is 19.9 Å². The van der Waals surface area contributed by atoms with E-state index in [9.17, 15) is 0 Å². The molecule has 0 amide bonds. The van der Waals surface area contributed by atoms with Gasteiger partial charge >= 0.3 is 0 Å². The summed E-state index contributed by atoms with van der Waals surface area (Å²) >= 11 is 5.98. The van der Waals surface area contributed by atoms with Gasteiger partial charge in [0.25, 0.3) is 0 Å². The number of nitrogens with zero attached hydrogens (tertiary/aromatic N) is 2. The van der Waals surface area contributed by atoms with Gasteiger partial charge in [0.2, 0.25) is 0 Å². The second-order valence-corrected chi connectivity index (χ2v) is 7.28. The van der Waals surface area contributed by atoms with Crippen molar-refractivity contribution >= 4 is 34.8 Å². The lowest BCUT2D eigenvalue weighted by atomic mass is 10.2. The number of benzene rings is 3. The molecule has 0 spiro atoms. The summed E-state index contributed by atoms with van der Waals surface area (Å²) in [7, 11) is 0.